The Morgan fingerprint density at radius 2 is 1.79 bits per heavy atom. The van der Waals surface area contributed by atoms with E-state index in [9.17, 15) is 14.4 Å². The Kier molecular flexibility index (Phi) is 6.23. The lowest BCUT2D eigenvalue weighted by atomic mass is 10.1. The topological polar surface area (TPSA) is 84.3 Å². The van der Waals surface area contributed by atoms with E-state index in [1.165, 1.54) is 16.8 Å². The number of piperidine rings is 1. The standard InChI is InChI=1S/C21H26N4O3/c1-15-6-7-17(14-16(15)2)22-21(28)18-8-9-20(27)25(23-18)13-10-19(26)24-11-4-3-5-12-24/h6-9,14H,3-5,10-13H2,1-2H3,(H,22,28). The molecule has 1 saturated heterocycles. The van der Waals surface area contributed by atoms with Crippen LogP contribution in [0.2, 0.25) is 0 Å². The van der Waals surface area contributed by atoms with E-state index in [1.807, 2.05) is 36.9 Å². The zero-order chi connectivity index (χ0) is 20.1. The van der Waals surface area contributed by atoms with Crippen LogP contribution >= 0.6 is 0 Å². The minimum atomic E-state index is -0.389. The van der Waals surface area contributed by atoms with E-state index in [0.717, 1.165) is 43.5 Å². The first kappa shape index (κ1) is 19.8. The summed E-state index contributed by atoms with van der Waals surface area (Å²) in [7, 11) is 0. The second-order valence-electron chi connectivity index (χ2n) is 7.22. The number of carbonyl (C=O) groups is 2. The number of nitrogens with zero attached hydrogens (tertiary/aromatic N) is 3. The molecule has 0 aliphatic carbocycles. The largest absolute Gasteiger partial charge is 0.343 e. The highest BCUT2D eigenvalue weighted by atomic mass is 16.2. The van der Waals surface area contributed by atoms with Crippen LogP contribution < -0.4 is 10.9 Å². The molecule has 1 aliphatic rings. The van der Waals surface area contributed by atoms with Crippen molar-refractivity contribution in [1.82, 2.24) is 14.7 Å². The van der Waals surface area contributed by atoms with Crippen molar-refractivity contribution in [2.75, 3.05) is 18.4 Å². The number of aryl methyl sites for hydroxylation is 3. The first-order valence-corrected chi connectivity index (χ1v) is 9.68. The Balaban J connectivity index is 1.66. The molecule has 0 radical (unpaired) electrons. The number of likely N-dealkylation sites (tertiary alicyclic amines) is 1. The van der Waals surface area contributed by atoms with Crippen LogP contribution in [0.5, 0.6) is 0 Å². The summed E-state index contributed by atoms with van der Waals surface area (Å²) >= 11 is 0. The van der Waals surface area contributed by atoms with E-state index >= 15 is 0 Å². The Bertz CT molecular complexity index is 929. The van der Waals surface area contributed by atoms with E-state index in [1.54, 1.807) is 0 Å². The Morgan fingerprint density at radius 1 is 1.04 bits per heavy atom. The molecule has 28 heavy (non-hydrogen) atoms. The van der Waals surface area contributed by atoms with Crippen LogP contribution in [0, 0.1) is 13.8 Å². The summed E-state index contributed by atoms with van der Waals surface area (Å²) in [5.74, 6) is -0.363. The van der Waals surface area contributed by atoms with Gasteiger partial charge in [-0.1, -0.05) is 6.07 Å². The predicted octanol–water partition coefficient (Wildman–Crippen LogP) is 2.52. The molecule has 1 N–H and O–H groups in total. The maximum atomic E-state index is 12.5. The fourth-order valence-corrected chi connectivity index (χ4v) is 3.25. The van der Waals surface area contributed by atoms with Crippen LogP contribution in [0.3, 0.4) is 0 Å². The SMILES string of the molecule is Cc1ccc(NC(=O)c2ccc(=O)n(CCC(=O)N3CCCCC3)n2)cc1C. The monoisotopic (exact) mass is 382 g/mol. The van der Waals surface area contributed by atoms with Gasteiger partial charge >= 0.3 is 0 Å². The van der Waals surface area contributed by atoms with Gasteiger partial charge in [0.15, 0.2) is 0 Å². The Morgan fingerprint density at radius 3 is 2.50 bits per heavy atom. The molecule has 148 valence electrons. The van der Waals surface area contributed by atoms with Gasteiger partial charge < -0.3 is 10.2 Å². The lowest BCUT2D eigenvalue weighted by molar-refractivity contribution is -0.132. The summed E-state index contributed by atoms with van der Waals surface area (Å²) in [4.78, 5) is 38.7. The molecule has 1 aromatic carbocycles. The third-order valence-corrected chi connectivity index (χ3v) is 5.11. The van der Waals surface area contributed by atoms with Crippen LogP contribution in [-0.2, 0) is 11.3 Å². The second-order valence-corrected chi connectivity index (χ2v) is 7.22. The molecule has 2 aromatic rings. The molecule has 7 heteroatoms. The smallest absolute Gasteiger partial charge is 0.276 e. The van der Waals surface area contributed by atoms with Gasteiger partial charge in [0.25, 0.3) is 11.5 Å². The van der Waals surface area contributed by atoms with Gasteiger partial charge in [-0.25, -0.2) is 4.68 Å². The summed E-state index contributed by atoms with van der Waals surface area (Å²) in [6.07, 6.45) is 3.41. The summed E-state index contributed by atoms with van der Waals surface area (Å²) in [5.41, 5.74) is 2.71. The number of hydrogen-bond acceptors (Lipinski definition) is 4. The molecule has 3 rings (SSSR count). The summed E-state index contributed by atoms with van der Waals surface area (Å²) in [5, 5.41) is 6.94. The van der Waals surface area contributed by atoms with Gasteiger partial charge in [-0.05, 0) is 62.4 Å². The van der Waals surface area contributed by atoms with Crippen molar-refractivity contribution >= 4 is 17.5 Å². The van der Waals surface area contributed by atoms with Crippen molar-refractivity contribution in [2.24, 2.45) is 0 Å². The number of nitrogens with one attached hydrogen (secondary N) is 1. The molecule has 0 saturated carbocycles. The van der Waals surface area contributed by atoms with Crippen LogP contribution in [0.4, 0.5) is 5.69 Å². The minimum Gasteiger partial charge on any atom is -0.343 e. The van der Waals surface area contributed by atoms with E-state index in [-0.39, 0.29) is 36.0 Å². The molecular weight excluding hydrogens is 356 g/mol. The van der Waals surface area contributed by atoms with Crippen LogP contribution in [0.25, 0.3) is 0 Å². The number of rotatable bonds is 5. The number of amides is 2. The van der Waals surface area contributed by atoms with Crippen molar-refractivity contribution < 1.29 is 9.59 Å². The fraction of sp³-hybridized carbons (Fsp3) is 0.429. The van der Waals surface area contributed by atoms with Crippen LogP contribution in [-0.4, -0.2) is 39.6 Å². The zero-order valence-electron chi connectivity index (χ0n) is 16.4. The van der Waals surface area contributed by atoms with Crippen molar-refractivity contribution in [3.8, 4) is 0 Å². The highest BCUT2D eigenvalue weighted by Gasteiger charge is 2.17. The van der Waals surface area contributed by atoms with Gasteiger partial charge in [-0.2, -0.15) is 5.10 Å². The van der Waals surface area contributed by atoms with E-state index in [4.69, 9.17) is 0 Å². The molecule has 1 aromatic heterocycles. The van der Waals surface area contributed by atoms with Gasteiger partial charge in [-0.15, -0.1) is 0 Å². The van der Waals surface area contributed by atoms with Crippen molar-refractivity contribution in [3.63, 3.8) is 0 Å². The maximum Gasteiger partial charge on any atom is 0.276 e. The second kappa shape index (κ2) is 8.82. The molecule has 1 fully saturated rings. The molecule has 2 heterocycles. The van der Waals surface area contributed by atoms with Gasteiger partial charge in [-0.3, -0.25) is 14.4 Å². The molecule has 2 amide bonds. The number of carbonyl (C=O) groups excluding carboxylic acids is 2. The Hall–Kier alpha value is -2.96. The molecule has 0 bridgehead atoms. The highest BCUT2D eigenvalue weighted by molar-refractivity contribution is 6.02. The average Bonchev–Trinajstić information content (AvgIpc) is 2.70. The number of anilines is 1. The quantitative estimate of drug-likeness (QED) is 0.861. The molecule has 7 nitrogen and oxygen atoms in total. The third kappa shape index (κ3) is 4.85. The van der Waals surface area contributed by atoms with Crippen LogP contribution in [0.1, 0.15) is 47.3 Å². The number of aromatic nitrogens is 2. The number of hydrogen-bond donors (Lipinski definition) is 1. The Labute approximate surface area is 164 Å². The fourth-order valence-electron chi connectivity index (χ4n) is 3.25. The van der Waals surface area contributed by atoms with E-state index in [0.29, 0.717) is 5.69 Å². The third-order valence-electron chi connectivity index (χ3n) is 5.11. The van der Waals surface area contributed by atoms with E-state index < -0.39 is 0 Å². The summed E-state index contributed by atoms with van der Waals surface area (Å²) in [6.45, 7) is 5.70. The van der Waals surface area contributed by atoms with E-state index in [2.05, 4.69) is 10.4 Å². The lowest BCUT2D eigenvalue weighted by Gasteiger charge is -2.26. The average molecular weight is 382 g/mol. The summed E-state index contributed by atoms with van der Waals surface area (Å²) < 4.78 is 1.19. The first-order chi connectivity index (χ1) is 13.4. The number of benzene rings is 1. The molecule has 0 spiro atoms. The van der Waals surface area contributed by atoms with Crippen molar-refractivity contribution in [2.45, 2.75) is 46.1 Å². The van der Waals surface area contributed by atoms with Crippen molar-refractivity contribution in [1.29, 1.82) is 0 Å². The zero-order valence-corrected chi connectivity index (χ0v) is 16.4. The normalized spacial score (nSPS) is 14.0. The predicted molar refractivity (Wildman–Crippen MR) is 107 cm³/mol. The molecule has 1 aliphatic heterocycles. The highest BCUT2D eigenvalue weighted by Crippen LogP contribution is 2.15. The first-order valence-electron chi connectivity index (χ1n) is 9.68. The molecule has 0 unspecified atom stereocenters. The van der Waals surface area contributed by atoms with Gasteiger partial charge in [0.1, 0.15) is 5.69 Å². The maximum absolute atomic E-state index is 12.5. The molecule has 0 atom stereocenters. The van der Waals surface area contributed by atoms with Crippen LogP contribution in [0.15, 0.2) is 35.1 Å². The van der Waals surface area contributed by atoms with Gasteiger partial charge in [0.2, 0.25) is 5.91 Å². The summed E-state index contributed by atoms with van der Waals surface area (Å²) in [6, 6.07) is 8.37. The lowest BCUT2D eigenvalue weighted by Crippen LogP contribution is -2.37. The van der Waals surface area contributed by atoms with Gasteiger partial charge in [0.05, 0.1) is 6.54 Å². The minimum absolute atomic E-state index is 0.0263. The van der Waals surface area contributed by atoms with Crippen molar-refractivity contribution in [3.05, 3.63) is 57.5 Å². The van der Waals surface area contributed by atoms with Gasteiger partial charge in [0, 0.05) is 31.3 Å². The molecular formula is C21H26N4O3.